The van der Waals surface area contributed by atoms with E-state index in [0.717, 1.165) is 23.9 Å². The van der Waals surface area contributed by atoms with Gasteiger partial charge < -0.3 is 11.1 Å². The molecule has 2 saturated carbocycles. The van der Waals surface area contributed by atoms with E-state index in [9.17, 15) is 0 Å². The Hall–Kier alpha value is -0.780. The molecule has 0 saturated heterocycles. The van der Waals surface area contributed by atoms with Crippen LogP contribution in [0.4, 0.5) is 5.69 Å². The maximum atomic E-state index is 6.00. The van der Waals surface area contributed by atoms with Gasteiger partial charge >= 0.3 is 0 Å². The zero-order chi connectivity index (χ0) is 13.2. The van der Waals surface area contributed by atoms with Gasteiger partial charge in [-0.15, -0.1) is 24.0 Å². The predicted molar refractivity (Wildman–Crippen MR) is 95.7 cm³/mol. The van der Waals surface area contributed by atoms with Crippen LogP contribution in [-0.2, 0) is 6.42 Å². The fraction of sp³-hybridized carbons (Fsp3) is 0.562. The molecule has 0 amide bonds. The molecule has 0 radical (unpaired) electrons. The van der Waals surface area contributed by atoms with Crippen molar-refractivity contribution in [3.8, 4) is 0 Å². The van der Waals surface area contributed by atoms with Crippen LogP contribution in [0.25, 0.3) is 0 Å². The molecular weight excluding hydrogens is 361 g/mol. The number of hydrogen-bond donors (Lipinski definition) is 2. The maximum Gasteiger partial charge on any atom is 0.193 e. The average molecular weight is 385 g/mol. The van der Waals surface area contributed by atoms with Crippen LogP contribution < -0.4 is 11.1 Å². The molecule has 3 rings (SSSR count). The largest absolute Gasteiger partial charge is 0.370 e. The molecule has 0 unspecified atom stereocenters. The van der Waals surface area contributed by atoms with Gasteiger partial charge in [-0.1, -0.05) is 38.3 Å². The Morgan fingerprint density at radius 3 is 2.85 bits per heavy atom. The second kappa shape index (κ2) is 6.78. The summed E-state index contributed by atoms with van der Waals surface area (Å²) in [6, 6.07) is 8.85. The van der Waals surface area contributed by atoms with E-state index >= 15 is 0 Å². The molecule has 2 aliphatic rings. The van der Waals surface area contributed by atoms with E-state index in [2.05, 4.69) is 35.4 Å². The lowest BCUT2D eigenvalue weighted by Gasteiger charge is -2.25. The van der Waals surface area contributed by atoms with E-state index in [-0.39, 0.29) is 24.0 Å². The van der Waals surface area contributed by atoms with Gasteiger partial charge in [-0.3, -0.25) is 0 Å². The minimum Gasteiger partial charge on any atom is -0.370 e. The molecule has 0 bridgehead atoms. The number of halogens is 1. The number of aliphatic imine (C=N–C) groups is 1. The highest BCUT2D eigenvalue weighted by Gasteiger charge is 2.45. The fourth-order valence-corrected chi connectivity index (χ4v) is 2.95. The number of guanidine groups is 1. The minimum absolute atomic E-state index is 0. The van der Waals surface area contributed by atoms with Gasteiger partial charge in [0.15, 0.2) is 5.96 Å². The smallest absolute Gasteiger partial charge is 0.193 e. The van der Waals surface area contributed by atoms with Crippen molar-refractivity contribution in [1.82, 2.24) is 0 Å². The van der Waals surface area contributed by atoms with Crippen LogP contribution in [-0.4, -0.2) is 12.0 Å². The van der Waals surface area contributed by atoms with Gasteiger partial charge in [-0.2, -0.15) is 0 Å². The summed E-state index contributed by atoms with van der Waals surface area (Å²) in [7, 11) is 0. The van der Waals surface area contributed by atoms with Gasteiger partial charge in [0, 0.05) is 5.69 Å². The SMILES string of the molecule is CCc1cccc(NC(N)=N[C@@H]2C[C@H]2C2CCC2)c1.I. The molecule has 0 heterocycles. The molecule has 2 fully saturated rings. The topological polar surface area (TPSA) is 50.4 Å². The zero-order valence-electron chi connectivity index (χ0n) is 12.0. The molecule has 1 aromatic rings. The molecule has 3 nitrogen and oxygen atoms in total. The molecule has 20 heavy (non-hydrogen) atoms. The summed E-state index contributed by atoms with van der Waals surface area (Å²) >= 11 is 0. The van der Waals surface area contributed by atoms with Gasteiger partial charge in [-0.25, -0.2) is 4.99 Å². The summed E-state index contributed by atoms with van der Waals surface area (Å²) in [5.41, 5.74) is 8.36. The Morgan fingerprint density at radius 1 is 1.40 bits per heavy atom. The van der Waals surface area contributed by atoms with Gasteiger partial charge in [0.1, 0.15) is 0 Å². The summed E-state index contributed by atoms with van der Waals surface area (Å²) < 4.78 is 0. The summed E-state index contributed by atoms with van der Waals surface area (Å²) in [5.74, 6) is 2.32. The standard InChI is InChI=1S/C16H23N3.HI/c1-2-11-5-3-8-13(9-11)18-16(17)19-15-10-14(15)12-6-4-7-12;/h3,5,8-9,12,14-15H,2,4,6-7,10H2,1H3,(H3,17,18,19);1H/t14-,15+;/m0./s1. The van der Waals surface area contributed by atoms with Crippen molar-refractivity contribution in [3.63, 3.8) is 0 Å². The Morgan fingerprint density at radius 2 is 2.20 bits per heavy atom. The second-order valence-corrected chi connectivity index (χ2v) is 5.85. The van der Waals surface area contributed by atoms with Crippen molar-refractivity contribution in [2.75, 3.05) is 5.32 Å². The number of hydrogen-bond acceptors (Lipinski definition) is 1. The molecule has 0 aliphatic heterocycles. The number of nitrogens with two attached hydrogens (primary N) is 1. The van der Waals surface area contributed by atoms with Crippen molar-refractivity contribution < 1.29 is 0 Å². The number of nitrogens with zero attached hydrogens (tertiary/aromatic N) is 1. The molecule has 4 heteroatoms. The average Bonchev–Trinajstić information content (AvgIpc) is 3.05. The van der Waals surface area contributed by atoms with E-state index in [0.29, 0.717) is 12.0 Å². The van der Waals surface area contributed by atoms with Gasteiger partial charge in [-0.05, 0) is 42.4 Å². The molecule has 0 aromatic heterocycles. The van der Waals surface area contributed by atoms with Crippen molar-refractivity contribution >= 4 is 35.6 Å². The highest BCUT2D eigenvalue weighted by Crippen LogP contribution is 2.48. The molecular formula is C16H24IN3. The lowest BCUT2D eigenvalue weighted by Crippen LogP contribution is -2.24. The summed E-state index contributed by atoms with van der Waals surface area (Å²) in [6.45, 7) is 2.16. The summed E-state index contributed by atoms with van der Waals surface area (Å²) in [5, 5.41) is 3.21. The van der Waals surface area contributed by atoms with E-state index in [1.54, 1.807) is 0 Å². The fourth-order valence-electron chi connectivity index (χ4n) is 2.95. The van der Waals surface area contributed by atoms with Crippen molar-refractivity contribution in [3.05, 3.63) is 29.8 Å². The minimum atomic E-state index is 0. The van der Waals surface area contributed by atoms with E-state index < -0.39 is 0 Å². The normalized spacial score (nSPS) is 25.6. The van der Waals surface area contributed by atoms with Crippen LogP contribution in [0.5, 0.6) is 0 Å². The third kappa shape index (κ3) is 3.65. The molecule has 2 aliphatic carbocycles. The highest BCUT2D eigenvalue weighted by molar-refractivity contribution is 14.0. The van der Waals surface area contributed by atoms with Crippen LogP contribution in [0, 0.1) is 11.8 Å². The lowest BCUT2D eigenvalue weighted by molar-refractivity contribution is 0.274. The monoisotopic (exact) mass is 385 g/mol. The Balaban J connectivity index is 0.00000147. The van der Waals surface area contributed by atoms with Crippen LogP contribution in [0.2, 0.25) is 0 Å². The van der Waals surface area contributed by atoms with Crippen molar-refractivity contribution in [2.45, 2.75) is 45.1 Å². The van der Waals surface area contributed by atoms with E-state index in [1.165, 1.54) is 31.2 Å². The number of rotatable bonds is 4. The third-order valence-corrected chi connectivity index (χ3v) is 4.47. The van der Waals surface area contributed by atoms with E-state index in [1.807, 2.05) is 6.07 Å². The van der Waals surface area contributed by atoms with Crippen LogP contribution >= 0.6 is 24.0 Å². The van der Waals surface area contributed by atoms with Gasteiger partial charge in [0.25, 0.3) is 0 Å². The molecule has 1 aromatic carbocycles. The number of anilines is 1. The Bertz CT molecular complexity index is 482. The van der Waals surface area contributed by atoms with Gasteiger partial charge in [0.2, 0.25) is 0 Å². The first-order chi connectivity index (χ1) is 9.26. The van der Waals surface area contributed by atoms with Crippen LogP contribution in [0.3, 0.4) is 0 Å². The first-order valence-electron chi connectivity index (χ1n) is 7.45. The molecule has 110 valence electrons. The van der Waals surface area contributed by atoms with Crippen LogP contribution in [0.1, 0.15) is 38.2 Å². The summed E-state index contributed by atoms with van der Waals surface area (Å²) in [4.78, 5) is 4.61. The number of benzene rings is 1. The Kier molecular flexibility index (Phi) is 5.29. The van der Waals surface area contributed by atoms with Crippen LogP contribution in [0.15, 0.2) is 29.3 Å². The lowest BCUT2D eigenvalue weighted by atomic mass is 9.81. The first-order valence-corrected chi connectivity index (χ1v) is 7.45. The molecule has 2 atom stereocenters. The maximum absolute atomic E-state index is 6.00. The third-order valence-electron chi connectivity index (χ3n) is 4.47. The first kappa shape index (κ1) is 15.6. The second-order valence-electron chi connectivity index (χ2n) is 5.85. The molecule has 0 spiro atoms. The number of aryl methyl sites for hydroxylation is 1. The summed E-state index contributed by atoms with van der Waals surface area (Å²) in [6.07, 6.45) is 6.50. The predicted octanol–water partition coefficient (Wildman–Crippen LogP) is 3.78. The molecule has 3 N–H and O–H groups in total. The Labute approximate surface area is 138 Å². The quantitative estimate of drug-likeness (QED) is 0.471. The van der Waals surface area contributed by atoms with Gasteiger partial charge in [0.05, 0.1) is 6.04 Å². The highest BCUT2D eigenvalue weighted by atomic mass is 127. The van der Waals surface area contributed by atoms with E-state index in [4.69, 9.17) is 5.73 Å². The number of nitrogens with one attached hydrogen (secondary N) is 1. The zero-order valence-corrected chi connectivity index (χ0v) is 14.3. The van der Waals surface area contributed by atoms with Crippen molar-refractivity contribution in [1.29, 1.82) is 0 Å². The van der Waals surface area contributed by atoms with Crippen molar-refractivity contribution in [2.24, 2.45) is 22.6 Å².